The molecule has 2 aromatic rings. The van der Waals surface area contributed by atoms with Crippen LogP contribution in [0.5, 0.6) is 0 Å². The van der Waals surface area contributed by atoms with Crippen LogP contribution in [0, 0.1) is 0 Å². The summed E-state index contributed by atoms with van der Waals surface area (Å²) >= 11 is 0. The molecule has 0 saturated carbocycles. The quantitative estimate of drug-likeness (QED) is 0.611. The molecule has 3 rings (SSSR count). The first-order valence-corrected chi connectivity index (χ1v) is 7.67. The van der Waals surface area contributed by atoms with Crippen molar-refractivity contribution in [1.82, 2.24) is 15.3 Å². The van der Waals surface area contributed by atoms with Crippen LogP contribution in [0.25, 0.3) is 10.9 Å². The zero-order valence-electron chi connectivity index (χ0n) is 12.8. The smallest absolute Gasteiger partial charge is 0.260 e. The Hall–Kier alpha value is -2.45. The predicted molar refractivity (Wildman–Crippen MR) is 89.7 cm³/mol. The molecule has 1 fully saturated rings. The summed E-state index contributed by atoms with van der Waals surface area (Å²) in [5.74, 6) is 0.414. The molecule has 2 heterocycles. The molecule has 8 heteroatoms. The molecule has 1 aromatic carbocycles. The van der Waals surface area contributed by atoms with Gasteiger partial charge in [-0.25, -0.2) is 4.98 Å². The SMILES string of the molecule is NCCC(=O)Nc1ccc2nc(N3CCNCC3)[nH]c(=O)c2c1. The van der Waals surface area contributed by atoms with Crippen molar-refractivity contribution in [2.24, 2.45) is 5.73 Å². The van der Waals surface area contributed by atoms with Crippen LogP contribution >= 0.6 is 0 Å². The van der Waals surface area contributed by atoms with Gasteiger partial charge in [-0.15, -0.1) is 0 Å². The molecule has 0 unspecified atom stereocenters. The number of fused-ring (bicyclic) bond motifs is 1. The van der Waals surface area contributed by atoms with Crippen molar-refractivity contribution in [2.75, 3.05) is 42.9 Å². The van der Waals surface area contributed by atoms with E-state index in [1.54, 1.807) is 18.2 Å². The number of hydrogen-bond donors (Lipinski definition) is 4. The topological polar surface area (TPSA) is 116 Å². The normalized spacial score (nSPS) is 14.9. The highest BCUT2D eigenvalue weighted by Gasteiger charge is 2.14. The van der Waals surface area contributed by atoms with Crippen molar-refractivity contribution in [3.8, 4) is 0 Å². The number of nitrogens with zero attached hydrogens (tertiary/aromatic N) is 2. The number of rotatable bonds is 4. The van der Waals surface area contributed by atoms with Gasteiger partial charge in [-0.1, -0.05) is 0 Å². The van der Waals surface area contributed by atoms with Gasteiger partial charge in [0, 0.05) is 44.8 Å². The molecule has 23 heavy (non-hydrogen) atoms. The number of nitrogens with two attached hydrogens (primary N) is 1. The third-order valence-electron chi connectivity index (χ3n) is 3.76. The van der Waals surface area contributed by atoms with E-state index in [9.17, 15) is 9.59 Å². The van der Waals surface area contributed by atoms with Crippen molar-refractivity contribution in [3.63, 3.8) is 0 Å². The molecule has 1 saturated heterocycles. The monoisotopic (exact) mass is 316 g/mol. The lowest BCUT2D eigenvalue weighted by molar-refractivity contribution is -0.116. The Labute approximate surface area is 133 Å². The van der Waals surface area contributed by atoms with E-state index in [0.29, 0.717) is 22.5 Å². The van der Waals surface area contributed by atoms with E-state index in [4.69, 9.17) is 5.73 Å². The number of hydrogen-bond acceptors (Lipinski definition) is 6. The van der Waals surface area contributed by atoms with Crippen LogP contribution < -0.4 is 26.8 Å². The van der Waals surface area contributed by atoms with Gasteiger partial charge in [0.15, 0.2) is 0 Å². The molecule has 1 aromatic heterocycles. The number of carbonyl (C=O) groups excluding carboxylic acids is 1. The minimum atomic E-state index is -0.210. The van der Waals surface area contributed by atoms with Gasteiger partial charge in [0.05, 0.1) is 10.9 Å². The Morgan fingerprint density at radius 2 is 2.13 bits per heavy atom. The Bertz CT molecular complexity index is 766. The van der Waals surface area contributed by atoms with Crippen molar-refractivity contribution < 1.29 is 4.79 Å². The number of amides is 1. The number of benzene rings is 1. The van der Waals surface area contributed by atoms with Crippen LogP contribution in [0.2, 0.25) is 0 Å². The molecule has 1 aliphatic heterocycles. The summed E-state index contributed by atoms with van der Waals surface area (Å²) in [5.41, 5.74) is 6.32. The maximum Gasteiger partial charge on any atom is 0.260 e. The average Bonchev–Trinajstić information content (AvgIpc) is 2.56. The van der Waals surface area contributed by atoms with E-state index >= 15 is 0 Å². The standard InChI is InChI=1S/C15H20N6O2/c16-4-3-13(22)18-10-1-2-12-11(9-10)14(23)20-15(19-12)21-7-5-17-6-8-21/h1-2,9,17H,3-8,16H2,(H,18,22)(H,19,20,23). The maximum atomic E-state index is 12.3. The van der Waals surface area contributed by atoms with Crippen LogP contribution in [-0.4, -0.2) is 48.6 Å². The van der Waals surface area contributed by atoms with Crippen molar-refractivity contribution >= 4 is 28.4 Å². The first-order chi connectivity index (χ1) is 11.2. The third-order valence-corrected chi connectivity index (χ3v) is 3.76. The van der Waals surface area contributed by atoms with Crippen molar-refractivity contribution in [1.29, 1.82) is 0 Å². The summed E-state index contributed by atoms with van der Waals surface area (Å²) in [6, 6.07) is 5.12. The van der Waals surface area contributed by atoms with Gasteiger partial charge in [-0.05, 0) is 18.2 Å². The lowest BCUT2D eigenvalue weighted by atomic mass is 10.2. The number of aromatic nitrogens is 2. The molecule has 8 nitrogen and oxygen atoms in total. The second kappa shape index (κ2) is 6.76. The van der Waals surface area contributed by atoms with Gasteiger partial charge in [0.2, 0.25) is 11.9 Å². The van der Waals surface area contributed by atoms with E-state index in [0.717, 1.165) is 26.2 Å². The number of piperazine rings is 1. The fourth-order valence-electron chi connectivity index (χ4n) is 2.59. The molecule has 0 aliphatic carbocycles. The van der Waals surface area contributed by atoms with Gasteiger partial charge >= 0.3 is 0 Å². The summed E-state index contributed by atoms with van der Waals surface area (Å²) < 4.78 is 0. The molecular formula is C15H20N6O2. The Kier molecular flexibility index (Phi) is 4.54. The number of carbonyl (C=O) groups is 1. The molecule has 0 radical (unpaired) electrons. The second-order valence-electron chi connectivity index (χ2n) is 5.45. The van der Waals surface area contributed by atoms with E-state index in [2.05, 4.69) is 20.6 Å². The van der Waals surface area contributed by atoms with Crippen LogP contribution in [0.15, 0.2) is 23.0 Å². The second-order valence-corrected chi connectivity index (χ2v) is 5.45. The average molecular weight is 316 g/mol. The highest BCUT2D eigenvalue weighted by Crippen LogP contribution is 2.17. The third kappa shape index (κ3) is 3.49. The number of nitrogens with one attached hydrogen (secondary N) is 3. The molecule has 5 N–H and O–H groups in total. The zero-order valence-corrected chi connectivity index (χ0v) is 12.8. The Morgan fingerprint density at radius 3 is 2.87 bits per heavy atom. The molecule has 1 amide bonds. The molecule has 0 atom stereocenters. The molecule has 0 spiro atoms. The largest absolute Gasteiger partial charge is 0.340 e. The van der Waals surface area contributed by atoms with Gasteiger partial charge in [-0.2, -0.15) is 0 Å². The predicted octanol–water partition coefficient (Wildman–Crippen LogP) is -0.380. The van der Waals surface area contributed by atoms with E-state index in [1.807, 2.05) is 4.90 Å². The van der Waals surface area contributed by atoms with Gasteiger partial charge in [-0.3, -0.25) is 14.6 Å². The minimum absolute atomic E-state index is 0.173. The fourth-order valence-corrected chi connectivity index (χ4v) is 2.59. The molecule has 1 aliphatic rings. The van der Waals surface area contributed by atoms with E-state index in [-0.39, 0.29) is 24.4 Å². The first-order valence-electron chi connectivity index (χ1n) is 7.67. The van der Waals surface area contributed by atoms with Crippen molar-refractivity contribution in [2.45, 2.75) is 6.42 Å². The lowest BCUT2D eigenvalue weighted by Gasteiger charge is -2.27. The van der Waals surface area contributed by atoms with Crippen LogP contribution in [0.4, 0.5) is 11.6 Å². The summed E-state index contributed by atoms with van der Waals surface area (Å²) in [4.78, 5) is 33.3. The van der Waals surface area contributed by atoms with E-state index < -0.39 is 0 Å². The molecule has 122 valence electrons. The number of anilines is 2. The highest BCUT2D eigenvalue weighted by molar-refractivity contribution is 5.93. The van der Waals surface area contributed by atoms with Gasteiger partial charge in [0.25, 0.3) is 5.56 Å². The fraction of sp³-hybridized carbons (Fsp3) is 0.400. The summed E-state index contributed by atoms with van der Waals surface area (Å²) in [7, 11) is 0. The van der Waals surface area contributed by atoms with Gasteiger partial charge in [0.1, 0.15) is 0 Å². The summed E-state index contributed by atoms with van der Waals surface area (Å²) in [6.07, 6.45) is 0.245. The number of H-pyrrole nitrogens is 1. The van der Waals surface area contributed by atoms with Crippen molar-refractivity contribution in [3.05, 3.63) is 28.6 Å². The zero-order chi connectivity index (χ0) is 16.2. The van der Waals surface area contributed by atoms with Crippen LogP contribution in [0.1, 0.15) is 6.42 Å². The van der Waals surface area contributed by atoms with Crippen LogP contribution in [0.3, 0.4) is 0 Å². The Balaban J connectivity index is 1.90. The highest BCUT2D eigenvalue weighted by atomic mass is 16.1. The van der Waals surface area contributed by atoms with Crippen LogP contribution in [-0.2, 0) is 4.79 Å². The summed E-state index contributed by atoms with van der Waals surface area (Å²) in [5, 5.41) is 6.44. The molecular weight excluding hydrogens is 296 g/mol. The molecule has 0 bridgehead atoms. The number of aromatic amines is 1. The van der Waals surface area contributed by atoms with E-state index in [1.165, 1.54) is 0 Å². The first kappa shape index (κ1) is 15.4. The van der Waals surface area contributed by atoms with Gasteiger partial charge < -0.3 is 21.3 Å². The summed E-state index contributed by atoms with van der Waals surface area (Å²) in [6.45, 7) is 3.64. The maximum absolute atomic E-state index is 12.3. The lowest BCUT2D eigenvalue weighted by Crippen LogP contribution is -2.44. The Morgan fingerprint density at radius 1 is 1.35 bits per heavy atom. The minimum Gasteiger partial charge on any atom is -0.340 e.